The Kier molecular flexibility index (Phi) is 13.5. The smallest absolute Gasteiger partial charge is 0.303 e. The number of aliphatic carboxylic acids is 1. The van der Waals surface area contributed by atoms with E-state index in [1.54, 1.807) is 0 Å². The Balaban J connectivity index is 3.43. The maximum atomic E-state index is 10.8. The van der Waals surface area contributed by atoms with Crippen molar-refractivity contribution in [1.82, 2.24) is 0 Å². The van der Waals surface area contributed by atoms with Crippen molar-refractivity contribution in [1.29, 1.82) is 0 Å². The van der Waals surface area contributed by atoms with Crippen LogP contribution < -0.4 is 0 Å². The van der Waals surface area contributed by atoms with E-state index in [1.165, 1.54) is 44.9 Å². The van der Waals surface area contributed by atoms with E-state index in [2.05, 4.69) is 6.92 Å². The Morgan fingerprint density at radius 2 is 1.35 bits per heavy atom. The topological polar surface area (TPSA) is 57.5 Å². The molecule has 3 nitrogen and oxygen atoms in total. The molecule has 0 aromatic rings. The summed E-state index contributed by atoms with van der Waals surface area (Å²) in [4.78, 5) is 10.8. The molecule has 0 rings (SSSR count). The van der Waals surface area contributed by atoms with Crippen molar-refractivity contribution in [3.05, 3.63) is 0 Å². The number of hydrogen-bond donors (Lipinski definition) is 2. The van der Waals surface area contributed by atoms with Crippen LogP contribution in [0.5, 0.6) is 0 Å². The molecule has 0 spiro atoms. The molecule has 3 heteroatoms. The van der Waals surface area contributed by atoms with Crippen LogP contribution in [-0.4, -0.2) is 22.3 Å². The fourth-order valence-electron chi connectivity index (χ4n) is 3.14. The van der Waals surface area contributed by atoms with Crippen LogP contribution in [0.2, 0.25) is 0 Å². The van der Waals surface area contributed by atoms with Crippen molar-refractivity contribution in [3.8, 4) is 0 Å². The number of hydrogen-bond acceptors (Lipinski definition) is 2. The van der Waals surface area contributed by atoms with Gasteiger partial charge in [-0.25, -0.2) is 0 Å². The summed E-state index contributed by atoms with van der Waals surface area (Å²) in [5.41, 5.74) is -0.130. The summed E-state index contributed by atoms with van der Waals surface area (Å²) in [6.07, 6.45) is 15.2. The molecule has 0 fully saturated rings. The van der Waals surface area contributed by atoms with Crippen LogP contribution in [0.4, 0.5) is 0 Å². The molecule has 1 unspecified atom stereocenters. The van der Waals surface area contributed by atoms with E-state index in [0.717, 1.165) is 38.5 Å². The number of unbranched alkanes of at least 4 members (excludes halogenated alkanes) is 8. The predicted octanol–water partition coefficient (Wildman–Crippen LogP) is 5.94. The average molecular weight is 329 g/mol. The Hall–Kier alpha value is -0.570. The average Bonchev–Trinajstić information content (AvgIpc) is 2.45. The zero-order chi connectivity index (χ0) is 17.6. The largest absolute Gasteiger partial charge is 0.481 e. The van der Waals surface area contributed by atoms with E-state index in [9.17, 15) is 9.90 Å². The highest BCUT2D eigenvalue weighted by molar-refractivity contribution is 5.67. The minimum atomic E-state index is -0.718. The maximum absolute atomic E-state index is 10.8. The van der Waals surface area contributed by atoms with Crippen LogP contribution in [0.3, 0.4) is 0 Å². The number of rotatable bonds is 16. The molecule has 0 radical (unpaired) electrons. The quantitative estimate of drug-likeness (QED) is 0.345. The van der Waals surface area contributed by atoms with E-state index in [1.807, 2.05) is 13.8 Å². The second-order valence-electron chi connectivity index (χ2n) is 7.90. The molecule has 0 aliphatic carbocycles. The van der Waals surface area contributed by atoms with Gasteiger partial charge in [-0.15, -0.1) is 0 Å². The van der Waals surface area contributed by atoms with Crippen molar-refractivity contribution in [2.45, 2.75) is 117 Å². The van der Waals surface area contributed by atoms with Crippen molar-refractivity contribution >= 4 is 5.97 Å². The fourth-order valence-corrected chi connectivity index (χ4v) is 3.14. The molecule has 138 valence electrons. The first-order valence-corrected chi connectivity index (χ1v) is 9.77. The summed E-state index contributed by atoms with van der Waals surface area (Å²) in [6.45, 7) is 6.27. The first kappa shape index (κ1) is 22.4. The van der Waals surface area contributed by atoms with E-state index in [0.29, 0.717) is 0 Å². The minimum absolute atomic E-state index is 0.130. The van der Waals surface area contributed by atoms with Gasteiger partial charge in [-0.2, -0.15) is 0 Å². The molecule has 0 heterocycles. The van der Waals surface area contributed by atoms with Gasteiger partial charge < -0.3 is 10.2 Å². The van der Waals surface area contributed by atoms with Crippen molar-refractivity contribution in [2.24, 2.45) is 5.41 Å². The summed E-state index contributed by atoms with van der Waals surface area (Å²) in [5.74, 6) is -0.718. The van der Waals surface area contributed by atoms with Gasteiger partial charge in [0.15, 0.2) is 0 Å². The van der Waals surface area contributed by atoms with Crippen LogP contribution in [0, 0.1) is 5.41 Å². The number of carbonyl (C=O) groups is 1. The molecule has 0 aliphatic rings. The van der Waals surface area contributed by atoms with Gasteiger partial charge in [0.25, 0.3) is 0 Å². The number of carboxylic acids is 1. The molecule has 0 aromatic heterocycles. The SMILES string of the molecule is CCCCCCCCCCC(O)CCCCC(C)(C)CC(=O)O. The van der Waals surface area contributed by atoms with Gasteiger partial charge >= 0.3 is 5.97 Å². The van der Waals surface area contributed by atoms with E-state index in [4.69, 9.17) is 5.11 Å². The third-order valence-corrected chi connectivity index (χ3v) is 4.66. The summed E-state index contributed by atoms with van der Waals surface area (Å²) in [7, 11) is 0. The van der Waals surface area contributed by atoms with Gasteiger partial charge in [-0.3, -0.25) is 4.79 Å². The van der Waals surface area contributed by atoms with Crippen LogP contribution in [0.15, 0.2) is 0 Å². The highest BCUT2D eigenvalue weighted by Gasteiger charge is 2.21. The number of carboxylic acid groups (broad SMARTS) is 1. The molecule has 0 bridgehead atoms. The second-order valence-corrected chi connectivity index (χ2v) is 7.90. The Bertz CT molecular complexity index is 287. The molecule has 2 N–H and O–H groups in total. The highest BCUT2D eigenvalue weighted by Crippen LogP contribution is 2.28. The maximum Gasteiger partial charge on any atom is 0.303 e. The molecule has 0 saturated carbocycles. The van der Waals surface area contributed by atoms with E-state index >= 15 is 0 Å². The van der Waals surface area contributed by atoms with Gasteiger partial charge in [0, 0.05) is 0 Å². The molecular formula is C20H40O3. The summed E-state index contributed by atoms with van der Waals surface area (Å²) in [5, 5.41) is 18.9. The minimum Gasteiger partial charge on any atom is -0.481 e. The van der Waals surface area contributed by atoms with Crippen LogP contribution >= 0.6 is 0 Å². The second kappa shape index (κ2) is 13.8. The monoisotopic (exact) mass is 328 g/mol. The van der Waals surface area contributed by atoms with Crippen LogP contribution in [0.25, 0.3) is 0 Å². The lowest BCUT2D eigenvalue weighted by Gasteiger charge is -2.22. The molecule has 0 amide bonds. The van der Waals surface area contributed by atoms with Crippen molar-refractivity contribution in [3.63, 3.8) is 0 Å². The molecular weight excluding hydrogens is 288 g/mol. The zero-order valence-electron chi connectivity index (χ0n) is 15.8. The highest BCUT2D eigenvalue weighted by atomic mass is 16.4. The predicted molar refractivity (Wildman–Crippen MR) is 97.7 cm³/mol. The normalized spacial score (nSPS) is 13.2. The van der Waals surface area contributed by atoms with Crippen LogP contribution in [0.1, 0.15) is 111 Å². The van der Waals surface area contributed by atoms with Gasteiger partial charge in [0.05, 0.1) is 12.5 Å². The van der Waals surface area contributed by atoms with Crippen LogP contribution in [-0.2, 0) is 4.79 Å². The Morgan fingerprint density at radius 1 is 0.870 bits per heavy atom. The van der Waals surface area contributed by atoms with Crippen molar-refractivity contribution < 1.29 is 15.0 Å². The van der Waals surface area contributed by atoms with Gasteiger partial charge in [0.1, 0.15) is 0 Å². The zero-order valence-corrected chi connectivity index (χ0v) is 15.8. The summed E-state index contributed by atoms with van der Waals surface area (Å²) >= 11 is 0. The van der Waals surface area contributed by atoms with Gasteiger partial charge in [0.2, 0.25) is 0 Å². The standard InChI is InChI=1S/C20H40O3/c1-4-5-6-7-8-9-10-11-14-18(21)15-12-13-16-20(2,3)17-19(22)23/h18,21H,4-17H2,1-3H3,(H,22,23). The summed E-state index contributed by atoms with van der Waals surface area (Å²) in [6, 6.07) is 0. The molecule has 1 atom stereocenters. The molecule has 0 aliphatic heterocycles. The Labute approximate surface area is 143 Å². The number of aliphatic hydroxyl groups excluding tert-OH is 1. The van der Waals surface area contributed by atoms with Gasteiger partial charge in [-0.05, 0) is 24.7 Å². The molecule has 0 aromatic carbocycles. The number of aliphatic hydroxyl groups is 1. The van der Waals surface area contributed by atoms with Crippen molar-refractivity contribution in [2.75, 3.05) is 0 Å². The molecule has 23 heavy (non-hydrogen) atoms. The van der Waals surface area contributed by atoms with Gasteiger partial charge in [-0.1, -0.05) is 85.0 Å². The van der Waals surface area contributed by atoms with E-state index < -0.39 is 5.97 Å². The lowest BCUT2D eigenvalue weighted by molar-refractivity contribution is -0.139. The first-order valence-electron chi connectivity index (χ1n) is 9.77. The third-order valence-electron chi connectivity index (χ3n) is 4.66. The lowest BCUT2D eigenvalue weighted by atomic mass is 9.83. The Morgan fingerprint density at radius 3 is 1.87 bits per heavy atom. The molecule has 0 saturated heterocycles. The third kappa shape index (κ3) is 16.1. The fraction of sp³-hybridized carbons (Fsp3) is 0.950. The lowest BCUT2D eigenvalue weighted by Crippen LogP contribution is -2.17. The van der Waals surface area contributed by atoms with E-state index in [-0.39, 0.29) is 17.9 Å². The first-order chi connectivity index (χ1) is 10.9. The summed E-state index contributed by atoms with van der Waals surface area (Å²) < 4.78 is 0.